The van der Waals surface area contributed by atoms with Crippen molar-refractivity contribution in [1.82, 2.24) is 15.0 Å². The molecule has 0 radical (unpaired) electrons. The Labute approximate surface area is 170 Å². The molecule has 8 heteroatoms. The number of ketones is 1. The van der Waals surface area contributed by atoms with Crippen molar-refractivity contribution >= 4 is 5.78 Å². The fourth-order valence-electron chi connectivity index (χ4n) is 3.78. The summed E-state index contributed by atoms with van der Waals surface area (Å²) in [4.78, 5) is 26.2. The van der Waals surface area contributed by atoms with Crippen LogP contribution in [-0.4, -0.2) is 27.0 Å². The van der Waals surface area contributed by atoms with Crippen molar-refractivity contribution < 1.29 is 23.0 Å². The standard InChI is InChI=1S/C22H17F2N3O3/c1-13-2-4-15(27-20(13)16-12-25-8-9-26-16)11-19(28)21(6-7-21)14-3-5-17-18(10-14)30-22(23,24)29-17/h2-5,8-10,12H,6-7,11H2,1H3. The van der Waals surface area contributed by atoms with Crippen LogP contribution in [0.3, 0.4) is 0 Å². The highest BCUT2D eigenvalue weighted by atomic mass is 19.3. The first-order valence-electron chi connectivity index (χ1n) is 9.53. The van der Waals surface area contributed by atoms with Crippen LogP contribution in [0.4, 0.5) is 8.78 Å². The Bertz CT molecular complexity index is 1150. The molecule has 0 unspecified atom stereocenters. The molecule has 2 aliphatic rings. The van der Waals surface area contributed by atoms with Gasteiger partial charge in [-0.25, -0.2) is 0 Å². The molecule has 0 spiro atoms. The lowest BCUT2D eigenvalue weighted by atomic mass is 9.88. The predicted octanol–water partition coefficient (Wildman–Crippen LogP) is 4.01. The van der Waals surface area contributed by atoms with E-state index >= 15 is 0 Å². The number of alkyl halides is 2. The average molecular weight is 409 g/mol. The number of rotatable bonds is 5. The van der Waals surface area contributed by atoms with Crippen molar-refractivity contribution in [1.29, 1.82) is 0 Å². The van der Waals surface area contributed by atoms with Gasteiger partial charge in [0.25, 0.3) is 0 Å². The van der Waals surface area contributed by atoms with Crippen LogP contribution in [0.2, 0.25) is 0 Å². The van der Waals surface area contributed by atoms with E-state index in [4.69, 9.17) is 0 Å². The topological polar surface area (TPSA) is 74.2 Å². The van der Waals surface area contributed by atoms with Crippen molar-refractivity contribution in [2.45, 2.75) is 37.9 Å². The predicted molar refractivity (Wildman–Crippen MR) is 102 cm³/mol. The second kappa shape index (κ2) is 6.55. The number of hydrogen-bond acceptors (Lipinski definition) is 6. The summed E-state index contributed by atoms with van der Waals surface area (Å²) in [7, 11) is 0. The van der Waals surface area contributed by atoms with E-state index < -0.39 is 11.7 Å². The highest BCUT2D eigenvalue weighted by Gasteiger charge is 2.52. The summed E-state index contributed by atoms with van der Waals surface area (Å²) in [5, 5.41) is 0. The third-order valence-electron chi connectivity index (χ3n) is 5.54. The van der Waals surface area contributed by atoms with E-state index in [1.165, 1.54) is 12.1 Å². The summed E-state index contributed by atoms with van der Waals surface area (Å²) in [6.07, 6.45) is 2.59. The van der Waals surface area contributed by atoms with Gasteiger partial charge in [-0.15, -0.1) is 8.78 Å². The minimum Gasteiger partial charge on any atom is -0.395 e. The summed E-state index contributed by atoms with van der Waals surface area (Å²) >= 11 is 0. The van der Waals surface area contributed by atoms with Gasteiger partial charge in [-0.2, -0.15) is 0 Å². The van der Waals surface area contributed by atoms with E-state index in [2.05, 4.69) is 24.4 Å². The second-order valence-corrected chi connectivity index (χ2v) is 7.57. The lowest BCUT2D eigenvalue weighted by molar-refractivity contribution is -0.286. The zero-order valence-corrected chi connectivity index (χ0v) is 16.1. The Kier molecular flexibility index (Phi) is 4.06. The number of carbonyl (C=O) groups excluding carboxylic acids is 1. The molecule has 1 saturated carbocycles. The Balaban J connectivity index is 1.40. The fourth-order valence-corrected chi connectivity index (χ4v) is 3.78. The summed E-state index contributed by atoms with van der Waals surface area (Å²) in [5.41, 5.74) is 2.85. The highest BCUT2D eigenvalue weighted by Crippen LogP contribution is 2.52. The molecule has 1 aliphatic heterocycles. The minimum absolute atomic E-state index is 0.00502. The molecule has 5 rings (SSSR count). The van der Waals surface area contributed by atoms with Crippen LogP contribution in [0.5, 0.6) is 11.5 Å². The smallest absolute Gasteiger partial charge is 0.395 e. The molecule has 0 N–H and O–H groups in total. The molecule has 1 aromatic carbocycles. The van der Waals surface area contributed by atoms with Gasteiger partial charge in [-0.1, -0.05) is 12.1 Å². The van der Waals surface area contributed by atoms with E-state index in [-0.39, 0.29) is 23.7 Å². The molecular formula is C22H17F2N3O3. The molecule has 0 saturated heterocycles. The maximum atomic E-state index is 13.3. The lowest BCUT2D eigenvalue weighted by Crippen LogP contribution is -2.26. The van der Waals surface area contributed by atoms with Gasteiger partial charge in [-0.05, 0) is 49.1 Å². The molecule has 6 nitrogen and oxygen atoms in total. The zero-order chi connectivity index (χ0) is 20.9. The van der Waals surface area contributed by atoms with E-state index in [1.54, 1.807) is 24.7 Å². The van der Waals surface area contributed by atoms with Crippen LogP contribution >= 0.6 is 0 Å². The molecule has 152 valence electrons. The highest BCUT2D eigenvalue weighted by molar-refractivity contribution is 5.94. The third-order valence-corrected chi connectivity index (χ3v) is 5.54. The summed E-state index contributed by atoms with van der Waals surface area (Å²) in [6.45, 7) is 1.92. The van der Waals surface area contributed by atoms with Crippen molar-refractivity contribution in [2.24, 2.45) is 0 Å². The molecule has 0 bridgehead atoms. The van der Waals surface area contributed by atoms with Crippen LogP contribution in [0.1, 0.15) is 29.7 Å². The summed E-state index contributed by atoms with van der Waals surface area (Å²) < 4.78 is 35.6. The van der Waals surface area contributed by atoms with Gasteiger partial charge in [0.15, 0.2) is 11.5 Å². The molecule has 3 aromatic rings. The number of halogens is 2. The Morgan fingerprint density at radius 1 is 1.10 bits per heavy atom. The zero-order valence-electron chi connectivity index (χ0n) is 16.1. The SMILES string of the molecule is Cc1ccc(CC(=O)C2(c3ccc4c(c3)OC(F)(F)O4)CC2)nc1-c1cnccn1. The first-order chi connectivity index (χ1) is 14.4. The van der Waals surface area contributed by atoms with Crippen molar-refractivity contribution in [3.8, 4) is 22.9 Å². The van der Waals surface area contributed by atoms with Crippen molar-refractivity contribution in [2.75, 3.05) is 0 Å². The van der Waals surface area contributed by atoms with Crippen LogP contribution in [0.25, 0.3) is 11.4 Å². The molecule has 30 heavy (non-hydrogen) atoms. The maximum Gasteiger partial charge on any atom is 0.586 e. The number of hydrogen-bond donors (Lipinski definition) is 0. The quantitative estimate of drug-likeness (QED) is 0.634. The fraction of sp³-hybridized carbons (Fsp3) is 0.273. The minimum atomic E-state index is -3.68. The Hall–Kier alpha value is -3.42. The first kappa shape index (κ1) is 18.6. The number of carbonyl (C=O) groups is 1. The van der Waals surface area contributed by atoms with Gasteiger partial charge >= 0.3 is 6.29 Å². The number of nitrogens with zero attached hydrogens (tertiary/aromatic N) is 3. The van der Waals surface area contributed by atoms with Crippen LogP contribution in [0, 0.1) is 6.92 Å². The first-order valence-corrected chi connectivity index (χ1v) is 9.53. The van der Waals surface area contributed by atoms with Gasteiger partial charge in [-0.3, -0.25) is 19.7 Å². The van der Waals surface area contributed by atoms with E-state index in [9.17, 15) is 13.6 Å². The normalized spacial score (nSPS) is 17.6. The van der Waals surface area contributed by atoms with Gasteiger partial charge < -0.3 is 9.47 Å². The number of benzene rings is 1. The van der Waals surface area contributed by atoms with Crippen LogP contribution in [-0.2, 0) is 16.6 Å². The lowest BCUT2D eigenvalue weighted by Gasteiger charge is -2.15. The monoisotopic (exact) mass is 409 g/mol. The van der Waals surface area contributed by atoms with Gasteiger partial charge in [0.2, 0.25) is 0 Å². The maximum absolute atomic E-state index is 13.3. The molecule has 1 fully saturated rings. The third kappa shape index (κ3) is 3.18. The van der Waals surface area contributed by atoms with Gasteiger partial charge in [0.1, 0.15) is 11.5 Å². The molecular weight excluding hydrogens is 392 g/mol. The van der Waals surface area contributed by atoms with E-state index in [1.807, 2.05) is 19.1 Å². The number of fused-ring (bicyclic) bond motifs is 1. The van der Waals surface area contributed by atoms with E-state index in [0.717, 1.165) is 5.56 Å². The van der Waals surface area contributed by atoms with Gasteiger partial charge in [0, 0.05) is 24.5 Å². The Morgan fingerprint density at radius 3 is 2.63 bits per heavy atom. The number of aryl methyl sites for hydroxylation is 1. The molecule has 1 aliphatic carbocycles. The number of pyridine rings is 1. The number of aromatic nitrogens is 3. The molecule has 3 heterocycles. The Morgan fingerprint density at radius 2 is 1.90 bits per heavy atom. The molecule has 0 atom stereocenters. The average Bonchev–Trinajstić information content (AvgIpc) is 3.47. The summed E-state index contributed by atoms with van der Waals surface area (Å²) in [5.74, 6) is -0.0784. The van der Waals surface area contributed by atoms with E-state index in [0.29, 0.717) is 35.5 Å². The number of Topliss-reactive ketones (excluding diaryl/α,β-unsaturated/α-hetero) is 1. The van der Waals surface area contributed by atoms with Crippen molar-refractivity contribution in [3.05, 3.63) is 65.7 Å². The molecule has 2 aromatic heterocycles. The van der Waals surface area contributed by atoms with Crippen molar-refractivity contribution in [3.63, 3.8) is 0 Å². The summed E-state index contributed by atoms with van der Waals surface area (Å²) in [6, 6.07) is 8.29. The largest absolute Gasteiger partial charge is 0.586 e. The van der Waals surface area contributed by atoms with Gasteiger partial charge in [0.05, 0.1) is 17.3 Å². The van der Waals surface area contributed by atoms with Crippen LogP contribution in [0.15, 0.2) is 48.9 Å². The molecule has 0 amide bonds. The van der Waals surface area contributed by atoms with Crippen LogP contribution < -0.4 is 9.47 Å². The number of ether oxygens (including phenoxy) is 2. The second-order valence-electron chi connectivity index (χ2n) is 7.57.